The molecule has 0 spiro atoms. The largest absolute Gasteiger partial charge is 0.494 e. The minimum atomic E-state index is -0.0852. The average molecular weight is 277 g/mol. The van der Waals surface area contributed by atoms with E-state index in [1.54, 1.807) is 11.3 Å². The Bertz CT molecular complexity index is 507. The Morgan fingerprint density at radius 3 is 2.37 bits per heavy atom. The summed E-state index contributed by atoms with van der Waals surface area (Å²) in [5, 5.41) is 2.06. The predicted molar refractivity (Wildman–Crippen MR) is 79.1 cm³/mol. The summed E-state index contributed by atoms with van der Waals surface area (Å²) in [6.07, 6.45) is -0.0852. The highest BCUT2D eigenvalue weighted by Crippen LogP contribution is 2.28. The lowest BCUT2D eigenvalue weighted by Crippen LogP contribution is -2.18. The third kappa shape index (κ3) is 3.49. The molecule has 1 aromatic carbocycles. The van der Waals surface area contributed by atoms with E-state index in [0.29, 0.717) is 13.2 Å². The van der Waals surface area contributed by atoms with Gasteiger partial charge in [-0.05, 0) is 55.1 Å². The minimum Gasteiger partial charge on any atom is -0.494 e. The first-order valence-corrected chi connectivity index (χ1v) is 7.26. The fraction of sp³-hybridized carbons (Fsp3) is 0.333. The lowest BCUT2D eigenvalue weighted by molar-refractivity contribution is 0.217. The van der Waals surface area contributed by atoms with Crippen LogP contribution in [-0.4, -0.2) is 13.2 Å². The molecular weight excluding hydrogens is 258 g/mol. The third-order valence-corrected chi connectivity index (χ3v) is 3.93. The quantitative estimate of drug-likeness (QED) is 0.878. The first kappa shape index (κ1) is 13.9. The van der Waals surface area contributed by atoms with Gasteiger partial charge in [0.2, 0.25) is 0 Å². The van der Waals surface area contributed by atoms with E-state index in [1.165, 1.54) is 10.4 Å². The van der Waals surface area contributed by atoms with Gasteiger partial charge in [-0.2, -0.15) is 0 Å². The molecule has 102 valence electrons. The molecule has 1 unspecified atom stereocenters. The second-order valence-corrected chi connectivity index (χ2v) is 5.16. The molecule has 0 bridgehead atoms. The Kier molecular flexibility index (Phi) is 4.82. The number of ether oxygens (including phenoxy) is 2. The second kappa shape index (κ2) is 6.59. The number of benzene rings is 1. The van der Waals surface area contributed by atoms with Crippen LogP contribution in [0.3, 0.4) is 0 Å². The third-order valence-electron chi connectivity index (χ3n) is 2.82. The van der Waals surface area contributed by atoms with Crippen LogP contribution in [0.2, 0.25) is 0 Å². The molecule has 0 fully saturated rings. The van der Waals surface area contributed by atoms with Crippen molar-refractivity contribution >= 4 is 11.3 Å². The summed E-state index contributed by atoms with van der Waals surface area (Å²) in [6, 6.07) is 9.73. The number of thiophene rings is 1. The Morgan fingerprint density at radius 1 is 1.16 bits per heavy atom. The van der Waals surface area contributed by atoms with Gasteiger partial charge in [0.1, 0.15) is 17.6 Å². The Labute approximate surface area is 118 Å². The zero-order valence-electron chi connectivity index (χ0n) is 11.3. The van der Waals surface area contributed by atoms with Crippen molar-refractivity contribution < 1.29 is 9.47 Å². The van der Waals surface area contributed by atoms with E-state index in [4.69, 9.17) is 15.2 Å². The number of hydrogen-bond donors (Lipinski definition) is 1. The highest BCUT2D eigenvalue weighted by atomic mass is 32.1. The van der Waals surface area contributed by atoms with Crippen molar-refractivity contribution in [2.24, 2.45) is 5.73 Å². The van der Waals surface area contributed by atoms with Gasteiger partial charge in [-0.3, -0.25) is 0 Å². The van der Waals surface area contributed by atoms with E-state index in [0.717, 1.165) is 11.5 Å². The molecule has 0 saturated carbocycles. The molecule has 2 N–H and O–H groups in total. The van der Waals surface area contributed by atoms with Gasteiger partial charge in [-0.25, -0.2) is 0 Å². The van der Waals surface area contributed by atoms with Crippen LogP contribution in [0.4, 0.5) is 0 Å². The maximum Gasteiger partial charge on any atom is 0.145 e. The molecule has 0 saturated heterocycles. The summed E-state index contributed by atoms with van der Waals surface area (Å²) in [4.78, 5) is 1.19. The summed E-state index contributed by atoms with van der Waals surface area (Å²) in [6.45, 7) is 5.18. The monoisotopic (exact) mass is 277 g/mol. The van der Waals surface area contributed by atoms with Crippen molar-refractivity contribution in [3.8, 4) is 11.5 Å². The van der Waals surface area contributed by atoms with Crippen LogP contribution < -0.4 is 15.2 Å². The molecule has 0 aliphatic rings. The highest BCUT2D eigenvalue weighted by Gasteiger charge is 2.15. The molecule has 4 heteroatoms. The van der Waals surface area contributed by atoms with Gasteiger partial charge >= 0.3 is 0 Å². The van der Waals surface area contributed by atoms with Crippen molar-refractivity contribution in [2.75, 3.05) is 13.2 Å². The first-order chi connectivity index (χ1) is 9.24. The Balaban J connectivity index is 2.08. The summed E-state index contributed by atoms with van der Waals surface area (Å²) in [5.41, 5.74) is 7.04. The molecule has 0 radical (unpaired) electrons. The van der Waals surface area contributed by atoms with Gasteiger partial charge in [0.25, 0.3) is 0 Å². The maximum absolute atomic E-state index is 5.95. The molecule has 1 atom stereocenters. The highest BCUT2D eigenvalue weighted by molar-refractivity contribution is 7.10. The molecule has 3 nitrogen and oxygen atoms in total. The second-order valence-electron chi connectivity index (χ2n) is 4.21. The fourth-order valence-electron chi connectivity index (χ4n) is 1.87. The van der Waals surface area contributed by atoms with Gasteiger partial charge in [-0.15, -0.1) is 11.3 Å². The molecule has 0 amide bonds. The summed E-state index contributed by atoms with van der Waals surface area (Å²) in [5.74, 6) is 1.66. The Morgan fingerprint density at radius 2 is 1.84 bits per heavy atom. The minimum absolute atomic E-state index is 0.0852. The standard InChI is InChI=1S/C15H19NO2S/c1-3-17-12-4-6-13(7-5-12)18-14(10-16)15-11(2)8-9-19-15/h4-9,14H,3,10,16H2,1-2H3. The van der Waals surface area contributed by atoms with Crippen LogP contribution in [-0.2, 0) is 0 Å². The van der Waals surface area contributed by atoms with Crippen LogP contribution >= 0.6 is 11.3 Å². The maximum atomic E-state index is 5.95. The molecule has 0 aliphatic heterocycles. The van der Waals surface area contributed by atoms with E-state index in [1.807, 2.05) is 31.2 Å². The molecule has 2 aromatic rings. The molecule has 19 heavy (non-hydrogen) atoms. The van der Waals surface area contributed by atoms with Gasteiger partial charge in [0.15, 0.2) is 0 Å². The van der Waals surface area contributed by atoms with Gasteiger partial charge in [-0.1, -0.05) is 0 Å². The van der Waals surface area contributed by atoms with Gasteiger partial charge < -0.3 is 15.2 Å². The van der Waals surface area contributed by atoms with E-state index in [2.05, 4.69) is 18.4 Å². The van der Waals surface area contributed by atoms with Crippen molar-refractivity contribution in [1.82, 2.24) is 0 Å². The van der Waals surface area contributed by atoms with Crippen molar-refractivity contribution in [3.63, 3.8) is 0 Å². The van der Waals surface area contributed by atoms with Crippen LogP contribution in [0.25, 0.3) is 0 Å². The van der Waals surface area contributed by atoms with Crippen molar-refractivity contribution in [2.45, 2.75) is 20.0 Å². The topological polar surface area (TPSA) is 44.5 Å². The van der Waals surface area contributed by atoms with E-state index >= 15 is 0 Å². The first-order valence-electron chi connectivity index (χ1n) is 6.38. The van der Waals surface area contributed by atoms with Crippen molar-refractivity contribution in [3.05, 3.63) is 46.2 Å². The van der Waals surface area contributed by atoms with E-state index in [-0.39, 0.29) is 6.10 Å². The molecule has 1 aromatic heterocycles. The van der Waals surface area contributed by atoms with Crippen LogP contribution in [0.5, 0.6) is 11.5 Å². The molecule has 2 rings (SSSR count). The smallest absolute Gasteiger partial charge is 0.145 e. The Hall–Kier alpha value is -1.52. The van der Waals surface area contributed by atoms with Crippen LogP contribution in [0, 0.1) is 6.92 Å². The van der Waals surface area contributed by atoms with E-state index < -0.39 is 0 Å². The normalized spacial score (nSPS) is 12.2. The number of nitrogens with two attached hydrogens (primary N) is 1. The summed E-state index contributed by atoms with van der Waals surface area (Å²) < 4.78 is 11.4. The SMILES string of the molecule is CCOc1ccc(OC(CN)c2sccc2C)cc1. The van der Waals surface area contributed by atoms with Crippen LogP contribution in [0.1, 0.15) is 23.5 Å². The zero-order chi connectivity index (χ0) is 13.7. The average Bonchev–Trinajstić information content (AvgIpc) is 2.84. The number of hydrogen-bond acceptors (Lipinski definition) is 4. The lowest BCUT2D eigenvalue weighted by Gasteiger charge is -2.17. The zero-order valence-corrected chi connectivity index (χ0v) is 12.1. The number of aryl methyl sites for hydroxylation is 1. The summed E-state index contributed by atoms with van der Waals surface area (Å²) >= 11 is 1.68. The lowest BCUT2D eigenvalue weighted by atomic mass is 10.2. The van der Waals surface area contributed by atoms with Gasteiger partial charge in [0, 0.05) is 11.4 Å². The van der Waals surface area contributed by atoms with E-state index in [9.17, 15) is 0 Å². The van der Waals surface area contributed by atoms with Crippen LogP contribution in [0.15, 0.2) is 35.7 Å². The molecule has 0 aliphatic carbocycles. The fourth-order valence-corrected chi connectivity index (χ4v) is 2.84. The van der Waals surface area contributed by atoms with Gasteiger partial charge in [0.05, 0.1) is 6.61 Å². The predicted octanol–water partition coefficient (Wildman–Crippen LogP) is 3.53. The molecule has 1 heterocycles. The number of rotatable bonds is 6. The van der Waals surface area contributed by atoms with Crippen molar-refractivity contribution in [1.29, 1.82) is 0 Å². The molecular formula is C15H19NO2S. The summed E-state index contributed by atoms with van der Waals surface area (Å²) in [7, 11) is 0.